The van der Waals surface area contributed by atoms with E-state index in [1.54, 1.807) is 0 Å². The molecule has 0 aliphatic rings. The standard InChI is InChI=1S/C5H9O6S2/c1-5(11-4-6,12(2,7)8)13(3,9)10/h1-3H3. The molecule has 0 aliphatic carbocycles. The molecule has 77 valence electrons. The van der Waals surface area contributed by atoms with Gasteiger partial charge in [0.1, 0.15) is 0 Å². The molecule has 0 aromatic rings. The minimum atomic E-state index is -4.06. The Balaban J connectivity index is 5.63. The molecule has 0 bridgehead atoms. The molecule has 0 amide bonds. The van der Waals surface area contributed by atoms with Crippen molar-refractivity contribution >= 4 is 26.1 Å². The molecule has 0 aromatic heterocycles. The maximum atomic E-state index is 11.0. The maximum Gasteiger partial charge on any atom is 0.419 e. The van der Waals surface area contributed by atoms with Crippen LogP contribution in [0.25, 0.3) is 0 Å². The van der Waals surface area contributed by atoms with Crippen LogP contribution in [0.2, 0.25) is 0 Å². The lowest BCUT2D eigenvalue weighted by Gasteiger charge is -2.22. The highest BCUT2D eigenvalue weighted by Gasteiger charge is 2.48. The van der Waals surface area contributed by atoms with Crippen molar-refractivity contribution < 1.29 is 26.4 Å². The molecule has 0 saturated carbocycles. The lowest BCUT2D eigenvalue weighted by molar-refractivity contribution is 0.219. The number of rotatable bonds is 4. The summed E-state index contributed by atoms with van der Waals surface area (Å²) in [5, 5.41) is 0. The van der Waals surface area contributed by atoms with Crippen LogP contribution in [0.5, 0.6) is 0 Å². The average Bonchev–Trinajstić information content (AvgIpc) is 1.82. The Kier molecular flexibility index (Phi) is 3.10. The van der Waals surface area contributed by atoms with Crippen molar-refractivity contribution in [2.75, 3.05) is 12.5 Å². The second kappa shape index (κ2) is 3.26. The van der Waals surface area contributed by atoms with Crippen molar-refractivity contribution in [1.29, 1.82) is 0 Å². The van der Waals surface area contributed by atoms with E-state index in [0.29, 0.717) is 12.5 Å². The molecular formula is C5H9O6S2. The molecule has 0 rings (SSSR count). The van der Waals surface area contributed by atoms with Gasteiger partial charge in [0.25, 0.3) is 0 Å². The van der Waals surface area contributed by atoms with Gasteiger partial charge in [-0.2, -0.15) is 0 Å². The number of carbonyl (C=O) groups excluding carboxylic acids is 1. The number of hydrogen-bond donors (Lipinski definition) is 0. The largest absolute Gasteiger partial charge is 0.419 e. The predicted molar refractivity (Wildman–Crippen MR) is 44.9 cm³/mol. The molecule has 1 radical (unpaired) electrons. The molecule has 0 fully saturated rings. The number of hydrogen-bond acceptors (Lipinski definition) is 6. The van der Waals surface area contributed by atoms with Gasteiger partial charge in [0, 0.05) is 19.4 Å². The van der Waals surface area contributed by atoms with Gasteiger partial charge in [-0.05, 0) is 0 Å². The SMILES string of the molecule is CC(O[C]=O)(S(C)(=O)=O)S(C)(=O)=O. The molecule has 0 saturated heterocycles. The van der Waals surface area contributed by atoms with Gasteiger partial charge >= 0.3 is 10.7 Å². The Morgan fingerprint density at radius 2 is 1.38 bits per heavy atom. The average molecular weight is 229 g/mol. The topological polar surface area (TPSA) is 94.6 Å². The van der Waals surface area contributed by atoms with Crippen LogP contribution in [0, 0.1) is 0 Å². The van der Waals surface area contributed by atoms with Crippen LogP contribution in [-0.4, -0.2) is 40.1 Å². The normalized spacial score (nSPS) is 13.8. The van der Waals surface area contributed by atoms with E-state index < -0.39 is 23.9 Å². The van der Waals surface area contributed by atoms with E-state index >= 15 is 0 Å². The van der Waals surface area contributed by atoms with E-state index in [9.17, 15) is 21.6 Å². The molecule has 0 heterocycles. The summed E-state index contributed by atoms with van der Waals surface area (Å²) in [6, 6.07) is 0. The first-order valence-electron chi connectivity index (χ1n) is 3.00. The molecule has 0 spiro atoms. The van der Waals surface area contributed by atoms with Gasteiger partial charge in [0.05, 0.1) is 0 Å². The highest BCUT2D eigenvalue weighted by molar-refractivity contribution is 8.09. The molecule has 0 atom stereocenters. The second-order valence-electron chi connectivity index (χ2n) is 2.59. The third-order valence-electron chi connectivity index (χ3n) is 1.57. The lowest BCUT2D eigenvalue weighted by Crippen LogP contribution is -2.44. The Labute approximate surface area is 76.7 Å². The monoisotopic (exact) mass is 229 g/mol. The van der Waals surface area contributed by atoms with Crippen LogP contribution in [0.4, 0.5) is 0 Å². The van der Waals surface area contributed by atoms with Crippen LogP contribution < -0.4 is 0 Å². The van der Waals surface area contributed by atoms with Crippen molar-refractivity contribution in [3.63, 3.8) is 0 Å². The van der Waals surface area contributed by atoms with Crippen molar-refractivity contribution in [2.45, 2.75) is 11.2 Å². The molecule has 0 N–H and O–H groups in total. The second-order valence-corrected chi connectivity index (χ2v) is 7.50. The summed E-state index contributed by atoms with van der Waals surface area (Å²) in [6.07, 6.45) is 1.32. The van der Waals surface area contributed by atoms with Crippen LogP contribution in [0.15, 0.2) is 0 Å². The number of sulfone groups is 2. The third-order valence-corrected chi connectivity index (χ3v) is 6.25. The lowest BCUT2D eigenvalue weighted by atomic mass is 10.8. The van der Waals surface area contributed by atoms with E-state index in [0.717, 1.165) is 13.4 Å². The molecule has 0 aromatic carbocycles. The molecule has 6 nitrogen and oxygen atoms in total. The highest BCUT2D eigenvalue weighted by atomic mass is 32.3. The van der Waals surface area contributed by atoms with Crippen molar-refractivity contribution in [1.82, 2.24) is 0 Å². The van der Waals surface area contributed by atoms with Crippen LogP contribution in [-0.2, 0) is 29.2 Å². The summed E-state index contributed by atoms with van der Waals surface area (Å²) < 4.78 is 45.4. The van der Waals surface area contributed by atoms with Gasteiger partial charge in [0.2, 0.25) is 19.7 Å². The molecule has 8 heteroatoms. The van der Waals surface area contributed by atoms with Crippen LogP contribution in [0.3, 0.4) is 0 Å². The van der Waals surface area contributed by atoms with Crippen molar-refractivity contribution in [3.8, 4) is 0 Å². The first-order chi connectivity index (χ1) is 5.56. The minimum Gasteiger partial charge on any atom is -0.419 e. The van der Waals surface area contributed by atoms with Crippen LogP contribution in [0.1, 0.15) is 6.92 Å². The maximum absolute atomic E-state index is 11.0. The molecule has 13 heavy (non-hydrogen) atoms. The van der Waals surface area contributed by atoms with Gasteiger partial charge in [-0.15, -0.1) is 0 Å². The van der Waals surface area contributed by atoms with Crippen molar-refractivity contribution in [3.05, 3.63) is 0 Å². The smallest absolute Gasteiger partial charge is 0.419 e. The van der Waals surface area contributed by atoms with Crippen LogP contribution >= 0.6 is 0 Å². The fourth-order valence-corrected chi connectivity index (χ4v) is 3.07. The summed E-state index contributed by atoms with van der Waals surface area (Å²) >= 11 is 0. The van der Waals surface area contributed by atoms with Gasteiger partial charge < -0.3 is 4.74 Å². The van der Waals surface area contributed by atoms with E-state index in [1.165, 1.54) is 0 Å². The van der Waals surface area contributed by atoms with Gasteiger partial charge in [0.15, 0.2) is 0 Å². The van der Waals surface area contributed by atoms with E-state index in [-0.39, 0.29) is 0 Å². The Bertz CT molecular complexity index is 357. The van der Waals surface area contributed by atoms with Gasteiger partial charge in [-0.25, -0.2) is 21.6 Å². The Morgan fingerprint density at radius 3 is 1.46 bits per heavy atom. The molecular weight excluding hydrogens is 220 g/mol. The third kappa shape index (κ3) is 2.19. The zero-order valence-electron chi connectivity index (χ0n) is 7.27. The highest BCUT2D eigenvalue weighted by Crippen LogP contribution is 2.23. The Hall–Kier alpha value is -0.630. The number of ether oxygens (including phenoxy) is 1. The first kappa shape index (κ1) is 12.4. The zero-order chi connectivity index (χ0) is 10.9. The summed E-state index contributed by atoms with van der Waals surface area (Å²) in [7, 11) is -8.11. The molecule has 0 unspecified atom stereocenters. The summed E-state index contributed by atoms with van der Waals surface area (Å²) in [6.45, 7) is 1.59. The quantitative estimate of drug-likeness (QED) is 0.603. The van der Waals surface area contributed by atoms with Crippen molar-refractivity contribution in [2.24, 2.45) is 0 Å². The predicted octanol–water partition coefficient (Wildman–Crippen LogP) is -1.17. The minimum absolute atomic E-state index is 0.658. The van der Waals surface area contributed by atoms with E-state index in [4.69, 9.17) is 0 Å². The molecule has 0 aliphatic heterocycles. The summed E-state index contributed by atoms with van der Waals surface area (Å²) in [5.74, 6) is 0. The fourth-order valence-electron chi connectivity index (χ4n) is 0.502. The van der Waals surface area contributed by atoms with E-state index in [1.807, 2.05) is 0 Å². The Morgan fingerprint density at radius 1 is 1.08 bits per heavy atom. The first-order valence-corrected chi connectivity index (χ1v) is 6.79. The van der Waals surface area contributed by atoms with Gasteiger partial charge in [-0.3, -0.25) is 0 Å². The fraction of sp³-hybridized carbons (Fsp3) is 0.800. The zero-order valence-corrected chi connectivity index (χ0v) is 8.90. The van der Waals surface area contributed by atoms with E-state index in [2.05, 4.69) is 4.74 Å². The van der Waals surface area contributed by atoms with Gasteiger partial charge in [-0.1, -0.05) is 0 Å². The summed E-state index contributed by atoms with van der Waals surface area (Å²) in [4.78, 5) is 9.84. The summed E-state index contributed by atoms with van der Waals surface area (Å²) in [5.41, 5.74) is 0.